The van der Waals surface area contributed by atoms with E-state index in [0.717, 1.165) is 30.1 Å². The van der Waals surface area contributed by atoms with Gasteiger partial charge in [0, 0.05) is 6.07 Å². The Morgan fingerprint density at radius 2 is 1.79 bits per heavy atom. The quantitative estimate of drug-likeness (QED) is 0.798. The van der Waals surface area contributed by atoms with Crippen LogP contribution in [0.2, 0.25) is 0 Å². The van der Waals surface area contributed by atoms with E-state index in [4.69, 9.17) is 14.2 Å². The molecule has 0 radical (unpaired) electrons. The van der Waals surface area contributed by atoms with Gasteiger partial charge in [-0.15, -0.1) is 0 Å². The first-order valence-corrected chi connectivity index (χ1v) is 7.00. The predicted octanol–water partition coefficient (Wildman–Crippen LogP) is 4.19. The Balaban J connectivity index is 2.20. The molecule has 0 atom stereocenters. The third kappa shape index (κ3) is 4.66. The van der Waals surface area contributed by atoms with E-state index in [1.807, 2.05) is 52.8 Å². The Labute approximate surface area is 115 Å². The van der Waals surface area contributed by atoms with Crippen LogP contribution in [-0.4, -0.2) is 17.8 Å². The molecular weight excluding hydrogens is 240 g/mol. The van der Waals surface area contributed by atoms with Gasteiger partial charge in [0.1, 0.15) is 11.4 Å². The van der Waals surface area contributed by atoms with Crippen molar-refractivity contribution in [2.24, 2.45) is 0 Å². The molecule has 0 saturated heterocycles. The summed E-state index contributed by atoms with van der Waals surface area (Å²) in [5, 5.41) is 0. The van der Waals surface area contributed by atoms with Crippen LogP contribution in [0, 0.1) is 0 Å². The highest BCUT2D eigenvalue weighted by Crippen LogP contribution is 2.38. The first-order valence-electron chi connectivity index (χ1n) is 7.00. The van der Waals surface area contributed by atoms with Crippen LogP contribution in [0.4, 0.5) is 0 Å². The molecule has 0 bridgehead atoms. The fourth-order valence-corrected chi connectivity index (χ4v) is 1.71. The molecule has 19 heavy (non-hydrogen) atoms. The van der Waals surface area contributed by atoms with E-state index in [2.05, 4.69) is 0 Å². The van der Waals surface area contributed by atoms with Gasteiger partial charge < -0.3 is 14.2 Å². The average Bonchev–Trinajstić information content (AvgIpc) is 3.03. The van der Waals surface area contributed by atoms with E-state index in [-0.39, 0.29) is 11.7 Å². The number of hydrogen-bond acceptors (Lipinski definition) is 3. The lowest BCUT2D eigenvalue weighted by molar-refractivity contribution is 0.122. The van der Waals surface area contributed by atoms with Crippen LogP contribution in [0.25, 0.3) is 0 Å². The van der Waals surface area contributed by atoms with E-state index in [0.29, 0.717) is 6.10 Å². The van der Waals surface area contributed by atoms with E-state index in [9.17, 15) is 0 Å². The number of benzene rings is 1. The van der Waals surface area contributed by atoms with Gasteiger partial charge >= 0.3 is 0 Å². The van der Waals surface area contributed by atoms with Gasteiger partial charge in [0.05, 0.1) is 12.2 Å². The summed E-state index contributed by atoms with van der Waals surface area (Å²) in [5.41, 5.74) is -0.234. The Kier molecular flexibility index (Phi) is 3.93. The van der Waals surface area contributed by atoms with Crippen LogP contribution in [-0.2, 0) is 0 Å². The molecule has 1 fully saturated rings. The van der Waals surface area contributed by atoms with Crippen LogP contribution in [0.1, 0.15) is 47.5 Å². The summed E-state index contributed by atoms with van der Waals surface area (Å²) in [6.45, 7) is 10.1. The largest absolute Gasteiger partial charge is 0.491 e. The SMILES string of the molecule is CC(C)Oc1ccc(OC(C)(C)C)c(OC2CC2)c1. The van der Waals surface area contributed by atoms with Crippen molar-refractivity contribution in [3.8, 4) is 17.2 Å². The van der Waals surface area contributed by atoms with Crippen molar-refractivity contribution < 1.29 is 14.2 Å². The van der Waals surface area contributed by atoms with Gasteiger partial charge in [-0.1, -0.05) is 0 Å². The van der Waals surface area contributed by atoms with Crippen LogP contribution in [0.15, 0.2) is 18.2 Å². The molecule has 1 aliphatic rings. The first-order chi connectivity index (χ1) is 8.83. The summed E-state index contributed by atoms with van der Waals surface area (Å²) in [6.07, 6.45) is 2.76. The lowest BCUT2D eigenvalue weighted by atomic mass is 10.2. The van der Waals surface area contributed by atoms with Gasteiger partial charge in [0.15, 0.2) is 11.5 Å². The Bertz CT molecular complexity index is 428. The molecule has 0 aliphatic heterocycles. The predicted molar refractivity (Wildman–Crippen MR) is 76.2 cm³/mol. The van der Waals surface area contributed by atoms with E-state index >= 15 is 0 Å². The molecule has 0 amide bonds. The monoisotopic (exact) mass is 264 g/mol. The van der Waals surface area contributed by atoms with Gasteiger partial charge in [-0.2, -0.15) is 0 Å². The molecule has 0 spiro atoms. The standard InChI is InChI=1S/C16H24O3/c1-11(2)17-13-8-9-14(19-16(3,4)5)15(10-13)18-12-6-7-12/h8-12H,6-7H2,1-5H3. The van der Waals surface area contributed by atoms with Crippen molar-refractivity contribution in [1.29, 1.82) is 0 Å². The second-order valence-corrected chi connectivity index (χ2v) is 6.31. The lowest BCUT2D eigenvalue weighted by Gasteiger charge is -2.23. The fraction of sp³-hybridized carbons (Fsp3) is 0.625. The van der Waals surface area contributed by atoms with Crippen molar-refractivity contribution in [2.45, 2.75) is 65.3 Å². The molecule has 1 aliphatic carbocycles. The van der Waals surface area contributed by atoms with Crippen molar-refractivity contribution in [2.75, 3.05) is 0 Å². The summed E-state index contributed by atoms with van der Waals surface area (Å²) in [4.78, 5) is 0. The van der Waals surface area contributed by atoms with Gasteiger partial charge in [0.2, 0.25) is 0 Å². The minimum Gasteiger partial charge on any atom is -0.491 e. The van der Waals surface area contributed by atoms with Crippen LogP contribution >= 0.6 is 0 Å². The summed E-state index contributed by atoms with van der Waals surface area (Å²) in [5.74, 6) is 2.40. The Morgan fingerprint density at radius 3 is 2.32 bits per heavy atom. The van der Waals surface area contributed by atoms with Crippen molar-refractivity contribution in [3.63, 3.8) is 0 Å². The molecular formula is C16H24O3. The molecule has 1 aromatic rings. The Morgan fingerprint density at radius 1 is 1.11 bits per heavy atom. The number of hydrogen-bond donors (Lipinski definition) is 0. The molecule has 3 heteroatoms. The zero-order valence-electron chi connectivity index (χ0n) is 12.5. The van der Waals surface area contributed by atoms with Gasteiger partial charge in [-0.05, 0) is 59.6 Å². The molecule has 2 rings (SSSR count). The van der Waals surface area contributed by atoms with E-state index in [1.54, 1.807) is 0 Å². The highest BCUT2D eigenvalue weighted by molar-refractivity contribution is 5.46. The molecule has 1 saturated carbocycles. The van der Waals surface area contributed by atoms with E-state index < -0.39 is 0 Å². The minimum atomic E-state index is -0.234. The maximum absolute atomic E-state index is 5.94. The normalized spacial score (nSPS) is 15.5. The third-order valence-electron chi connectivity index (χ3n) is 2.52. The smallest absolute Gasteiger partial charge is 0.165 e. The zero-order valence-corrected chi connectivity index (χ0v) is 12.5. The molecule has 3 nitrogen and oxygen atoms in total. The summed E-state index contributed by atoms with van der Waals surface area (Å²) in [7, 11) is 0. The topological polar surface area (TPSA) is 27.7 Å². The Hall–Kier alpha value is -1.38. The average molecular weight is 264 g/mol. The zero-order chi connectivity index (χ0) is 14.0. The van der Waals surface area contributed by atoms with Crippen molar-refractivity contribution in [1.82, 2.24) is 0 Å². The fourth-order valence-electron chi connectivity index (χ4n) is 1.71. The van der Waals surface area contributed by atoms with Crippen LogP contribution < -0.4 is 14.2 Å². The molecule has 1 aromatic carbocycles. The third-order valence-corrected chi connectivity index (χ3v) is 2.52. The summed E-state index contributed by atoms with van der Waals surface area (Å²) in [6, 6.07) is 5.79. The van der Waals surface area contributed by atoms with Gasteiger partial charge in [0.25, 0.3) is 0 Å². The van der Waals surface area contributed by atoms with Crippen molar-refractivity contribution in [3.05, 3.63) is 18.2 Å². The molecule has 0 N–H and O–H groups in total. The number of ether oxygens (including phenoxy) is 3. The van der Waals surface area contributed by atoms with Gasteiger partial charge in [-0.3, -0.25) is 0 Å². The highest BCUT2D eigenvalue weighted by Gasteiger charge is 2.26. The van der Waals surface area contributed by atoms with Crippen LogP contribution in [0.3, 0.4) is 0 Å². The molecule has 106 valence electrons. The molecule has 0 aromatic heterocycles. The minimum absolute atomic E-state index is 0.156. The lowest BCUT2D eigenvalue weighted by Crippen LogP contribution is -2.23. The summed E-state index contributed by atoms with van der Waals surface area (Å²) >= 11 is 0. The summed E-state index contributed by atoms with van der Waals surface area (Å²) < 4.78 is 17.6. The molecule has 0 unspecified atom stereocenters. The second-order valence-electron chi connectivity index (χ2n) is 6.31. The highest BCUT2D eigenvalue weighted by atomic mass is 16.5. The first kappa shape index (κ1) is 14.0. The maximum atomic E-state index is 5.94. The van der Waals surface area contributed by atoms with E-state index in [1.165, 1.54) is 0 Å². The second kappa shape index (κ2) is 5.32. The van der Waals surface area contributed by atoms with Gasteiger partial charge in [-0.25, -0.2) is 0 Å². The molecule has 0 heterocycles. The van der Waals surface area contributed by atoms with Crippen LogP contribution in [0.5, 0.6) is 17.2 Å². The van der Waals surface area contributed by atoms with Crippen molar-refractivity contribution >= 4 is 0 Å². The number of rotatable bonds is 5. The maximum Gasteiger partial charge on any atom is 0.165 e.